The zero-order chi connectivity index (χ0) is 22.0. The van der Waals surface area contributed by atoms with Gasteiger partial charge in [-0.1, -0.05) is 18.2 Å². The second-order valence-corrected chi connectivity index (χ2v) is 6.63. The van der Waals surface area contributed by atoms with Gasteiger partial charge in [0, 0.05) is 17.3 Å². The second-order valence-electron chi connectivity index (χ2n) is 6.63. The van der Waals surface area contributed by atoms with E-state index in [4.69, 9.17) is 9.84 Å². The molecule has 0 saturated heterocycles. The Bertz CT molecular complexity index is 1050. The Kier molecular flexibility index (Phi) is 5.81. The Labute approximate surface area is 170 Å². The Hall–Kier alpha value is -3.75. The van der Waals surface area contributed by atoms with Crippen molar-refractivity contribution in [2.75, 3.05) is 7.11 Å². The van der Waals surface area contributed by atoms with Crippen LogP contribution in [0.25, 0.3) is 0 Å². The van der Waals surface area contributed by atoms with Gasteiger partial charge in [0.1, 0.15) is 11.6 Å². The quantitative estimate of drug-likeness (QED) is 0.729. The van der Waals surface area contributed by atoms with Crippen molar-refractivity contribution >= 4 is 18.0 Å². The maximum atomic E-state index is 14.3. The molecule has 7 nitrogen and oxygen atoms in total. The molecule has 2 N–H and O–H groups in total. The van der Waals surface area contributed by atoms with Crippen molar-refractivity contribution in [2.45, 2.75) is 19.5 Å². The minimum absolute atomic E-state index is 0.00441. The highest BCUT2D eigenvalue weighted by molar-refractivity contribution is 5.95. The molecule has 9 heteroatoms. The fourth-order valence-corrected chi connectivity index (χ4v) is 3.25. The number of allylic oxidation sites excluding steroid dienone is 1. The number of urea groups is 1. The van der Waals surface area contributed by atoms with E-state index < -0.39 is 35.6 Å². The van der Waals surface area contributed by atoms with Crippen LogP contribution < -0.4 is 5.32 Å². The van der Waals surface area contributed by atoms with Gasteiger partial charge in [0.15, 0.2) is 0 Å². The van der Waals surface area contributed by atoms with E-state index in [1.807, 2.05) is 0 Å². The third-order valence-electron chi connectivity index (χ3n) is 4.82. The maximum Gasteiger partial charge on any atom is 0.337 e. The monoisotopic (exact) mass is 416 g/mol. The number of hydrogen-bond donors (Lipinski definition) is 2. The summed E-state index contributed by atoms with van der Waals surface area (Å²) in [5.74, 6) is -3.55. The molecular weight excluding hydrogens is 398 g/mol. The number of nitrogens with one attached hydrogen (secondary N) is 1. The molecule has 3 rings (SSSR count). The first-order valence-electron chi connectivity index (χ1n) is 8.87. The molecule has 0 radical (unpaired) electrons. The van der Waals surface area contributed by atoms with Crippen molar-refractivity contribution in [2.24, 2.45) is 0 Å². The van der Waals surface area contributed by atoms with Gasteiger partial charge < -0.3 is 15.2 Å². The first-order chi connectivity index (χ1) is 14.2. The molecule has 0 spiro atoms. The molecule has 1 heterocycles. The molecule has 30 heavy (non-hydrogen) atoms. The van der Waals surface area contributed by atoms with Gasteiger partial charge in [0.25, 0.3) is 0 Å². The summed E-state index contributed by atoms with van der Waals surface area (Å²) < 4.78 is 32.5. The number of hydrogen-bond acceptors (Lipinski definition) is 4. The zero-order valence-corrected chi connectivity index (χ0v) is 16.1. The normalized spacial score (nSPS) is 16.3. The number of benzene rings is 2. The van der Waals surface area contributed by atoms with Gasteiger partial charge in [-0.15, -0.1) is 0 Å². The highest BCUT2D eigenvalue weighted by Gasteiger charge is 2.37. The molecule has 1 atom stereocenters. The SMILES string of the molecule is COC(=O)C1=C(C)N(Cc2ccc(C(=O)O)cc2)C(=O)NC1c1ccc(F)cc1F. The Balaban J connectivity index is 2.01. The lowest BCUT2D eigenvalue weighted by Crippen LogP contribution is -2.47. The molecule has 0 fully saturated rings. The number of aromatic carboxylic acids is 1. The van der Waals surface area contributed by atoms with Crippen molar-refractivity contribution in [3.8, 4) is 0 Å². The molecule has 156 valence electrons. The summed E-state index contributed by atoms with van der Waals surface area (Å²) in [5, 5.41) is 11.6. The van der Waals surface area contributed by atoms with E-state index in [9.17, 15) is 23.2 Å². The highest BCUT2D eigenvalue weighted by atomic mass is 19.1. The molecule has 1 aliphatic heterocycles. The van der Waals surface area contributed by atoms with E-state index in [0.717, 1.165) is 19.2 Å². The lowest BCUT2D eigenvalue weighted by molar-refractivity contribution is -0.136. The van der Waals surface area contributed by atoms with Crippen LogP contribution in [0.5, 0.6) is 0 Å². The third kappa shape index (κ3) is 4.00. The predicted octanol–water partition coefficient (Wildman–Crippen LogP) is 3.38. The Morgan fingerprint density at radius 1 is 1.17 bits per heavy atom. The van der Waals surface area contributed by atoms with Crippen molar-refractivity contribution in [3.63, 3.8) is 0 Å². The van der Waals surface area contributed by atoms with E-state index in [1.165, 1.54) is 24.0 Å². The molecule has 0 saturated carbocycles. The molecule has 2 amide bonds. The fourth-order valence-electron chi connectivity index (χ4n) is 3.25. The van der Waals surface area contributed by atoms with Crippen LogP contribution in [0, 0.1) is 11.6 Å². The number of esters is 1. The minimum Gasteiger partial charge on any atom is -0.478 e. The van der Waals surface area contributed by atoms with Crippen molar-refractivity contribution in [1.29, 1.82) is 0 Å². The second kappa shape index (κ2) is 8.32. The lowest BCUT2D eigenvalue weighted by atomic mass is 9.94. The van der Waals surface area contributed by atoms with E-state index in [2.05, 4.69) is 5.32 Å². The van der Waals surface area contributed by atoms with Gasteiger partial charge in [-0.2, -0.15) is 0 Å². The van der Waals surface area contributed by atoms with Gasteiger partial charge >= 0.3 is 18.0 Å². The van der Waals surface area contributed by atoms with Gasteiger partial charge in [-0.05, 0) is 30.7 Å². The van der Waals surface area contributed by atoms with Crippen LogP contribution >= 0.6 is 0 Å². The van der Waals surface area contributed by atoms with Crippen LogP contribution in [0.3, 0.4) is 0 Å². The summed E-state index contributed by atoms with van der Waals surface area (Å²) in [7, 11) is 1.16. The van der Waals surface area contributed by atoms with Crippen LogP contribution in [0.1, 0.15) is 34.5 Å². The van der Waals surface area contributed by atoms with Gasteiger partial charge in [-0.3, -0.25) is 4.90 Å². The topological polar surface area (TPSA) is 95.9 Å². The molecule has 2 aromatic carbocycles. The number of ether oxygens (including phenoxy) is 1. The van der Waals surface area contributed by atoms with Crippen LogP contribution in [-0.2, 0) is 16.1 Å². The third-order valence-corrected chi connectivity index (χ3v) is 4.82. The lowest BCUT2D eigenvalue weighted by Gasteiger charge is -2.35. The van der Waals surface area contributed by atoms with Crippen molar-refractivity contribution in [1.82, 2.24) is 10.2 Å². The smallest absolute Gasteiger partial charge is 0.337 e. The van der Waals surface area contributed by atoms with Crippen LogP contribution in [0.2, 0.25) is 0 Å². The summed E-state index contributed by atoms with van der Waals surface area (Å²) >= 11 is 0. The number of nitrogens with zero attached hydrogens (tertiary/aromatic N) is 1. The molecule has 1 unspecified atom stereocenters. The minimum atomic E-state index is -1.16. The standard InChI is InChI=1S/C21H18F2N2O5/c1-11-17(20(28)30-2)18(15-8-7-14(22)9-16(15)23)24-21(29)25(11)10-12-3-5-13(6-4-12)19(26)27/h3-9,18H,10H2,1-2H3,(H,24,29)(H,26,27). The van der Waals surface area contributed by atoms with Crippen molar-refractivity contribution in [3.05, 3.63) is 82.1 Å². The molecule has 1 aliphatic rings. The zero-order valence-electron chi connectivity index (χ0n) is 16.1. The molecular formula is C21H18F2N2O5. The number of methoxy groups -OCH3 is 1. The van der Waals surface area contributed by atoms with Crippen molar-refractivity contribution < 1.29 is 33.0 Å². The van der Waals surface area contributed by atoms with Gasteiger partial charge in [0.2, 0.25) is 0 Å². The average molecular weight is 416 g/mol. The summed E-state index contributed by atoms with van der Waals surface area (Å²) in [6.45, 7) is 1.56. The molecule has 0 bridgehead atoms. The Morgan fingerprint density at radius 2 is 1.83 bits per heavy atom. The fraction of sp³-hybridized carbons (Fsp3) is 0.190. The number of amides is 2. The van der Waals surface area contributed by atoms with Gasteiger partial charge in [-0.25, -0.2) is 23.2 Å². The number of halogens is 2. The number of rotatable bonds is 5. The van der Waals surface area contributed by atoms with Crippen LogP contribution in [0.4, 0.5) is 13.6 Å². The van der Waals surface area contributed by atoms with Crippen LogP contribution in [0.15, 0.2) is 53.7 Å². The highest BCUT2D eigenvalue weighted by Crippen LogP contribution is 2.33. The summed E-state index contributed by atoms with van der Waals surface area (Å²) in [6, 6.07) is 7.00. The van der Waals surface area contributed by atoms with Crippen LogP contribution in [-0.4, -0.2) is 35.1 Å². The summed E-state index contributed by atoms with van der Waals surface area (Å²) in [5.41, 5.74) is 0.877. The number of carbonyl (C=O) groups excluding carboxylic acids is 2. The number of carbonyl (C=O) groups is 3. The Morgan fingerprint density at radius 3 is 2.40 bits per heavy atom. The molecule has 0 aromatic heterocycles. The predicted molar refractivity (Wildman–Crippen MR) is 101 cm³/mol. The summed E-state index contributed by atoms with van der Waals surface area (Å²) in [6.07, 6.45) is 0. The van der Waals surface area contributed by atoms with E-state index in [0.29, 0.717) is 11.6 Å². The van der Waals surface area contributed by atoms with E-state index >= 15 is 0 Å². The average Bonchev–Trinajstić information content (AvgIpc) is 2.70. The number of carboxylic acids is 1. The number of carboxylic acid groups (broad SMARTS) is 1. The largest absolute Gasteiger partial charge is 0.478 e. The van der Waals surface area contributed by atoms with E-state index in [1.54, 1.807) is 12.1 Å². The first kappa shape index (κ1) is 21.0. The first-order valence-corrected chi connectivity index (χ1v) is 8.87. The van der Waals surface area contributed by atoms with E-state index in [-0.39, 0.29) is 28.9 Å². The summed E-state index contributed by atoms with van der Waals surface area (Å²) in [4.78, 5) is 37.4. The van der Waals surface area contributed by atoms with Gasteiger partial charge in [0.05, 0.1) is 30.8 Å². The molecule has 2 aromatic rings. The molecule has 0 aliphatic carbocycles. The maximum absolute atomic E-state index is 14.3.